The van der Waals surface area contributed by atoms with Crippen molar-refractivity contribution < 1.29 is 42.1 Å². The fourth-order valence-electron chi connectivity index (χ4n) is 5.12. The molecule has 3 fully saturated rings. The second-order valence-electron chi connectivity index (χ2n) is 9.81. The molecule has 6 rings (SSSR count). The van der Waals surface area contributed by atoms with Crippen molar-refractivity contribution in [1.29, 1.82) is 0 Å². The number of aliphatic hydroxyl groups excluding tert-OH is 1. The molecule has 2 bridgehead atoms. The quantitative estimate of drug-likeness (QED) is 0.195. The highest BCUT2D eigenvalue weighted by Crippen LogP contribution is 2.58. The van der Waals surface area contributed by atoms with E-state index >= 15 is 0 Å². The number of hydrogen-bond donors (Lipinski definition) is 5. The number of nitrogens with one attached hydrogen (secondary N) is 2. The number of hydrogen-bond acceptors (Lipinski definition) is 15. The van der Waals surface area contributed by atoms with Crippen molar-refractivity contribution in [3.8, 4) is 5.88 Å². The van der Waals surface area contributed by atoms with Gasteiger partial charge in [0.25, 0.3) is 5.56 Å². The molecular weight excluding hydrogens is 636 g/mol. The van der Waals surface area contributed by atoms with Gasteiger partial charge in [0.2, 0.25) is 11.8 Å². The summed E-state index contributed by atoms with van der Waals surface area (Å²) in [7, 11) is 1.57. The maximum atomic E-state index is 13.5. The third-order valence-corrected chi connectivity index (χ3v) is 10.3. The van der Waals surface area contributed by atoms with Gasteiger partial charge in [0.15, 0.2) is 17.4 Å². The van der Waals surface area contributed by atoms with Crippen LogP contribution in [0.4, 0.5) is 5.95 Å². The first-order valence-electron chi connectivity index (χ1n) is 12.7. The fourth-order valence-corrected chi connectivity index (χ4v) is 8.14. The summed E-state index contributed by atoms with van der Waals surface area (Å²) in [5.74, 6) is 0.0656. The number of nitrogens with zero attached hydrogens (tertiary/aromatic N) is 5. The molecule has 9 atom stereocenters. The first-order valence-corrected chi connectivity index (χ1v) is 18.0. The van der Waals surface area contributed by atoms with Crippen LogP contribution in [-0.2, 0) is 39.2 Å². The molecule has 0 aromatic carbocycles. The zero-order chi connectivity index (χ0) is 29.6. The van der Waals surface area contributed by atoms with Crippen LogP contribution in [0, 0.1) is 5.92 Å². The topological polar surface area (TPSA) is 214 Å². The standard InChI is InChI=1S/C21H27N7O10P2S2/c1-22-21-26-18-15(19(30)27-21)25-9-28(18)20-17-16(29)13(36-20)7-34-39(31,41)37-12-5-11(35-14-2-3-23-8-24-14)4-10(12)6-33-40(32,42)38-17/h2-3,8-13,16-17,20,29H,4-7H2,1H3,(H,31,41)(H,32,42)(H2,22,26,27,30)/t10-,11-,12+,13+,16-,17-,20-,39?,40?/m1/s1. The summed E-state index contributed by atoms with van der Waals surface area (Å²) in [6, 6.07) is 1.60. The van der Waals surface area contributed by atoms with Crippen LogP contribution in [0.25, 0.3) is 11.2 Å². The molecule has 0 spiro atoms. The number of ether oxygens (including phenoxy) is 2. The summed E-state index contributed by atoms with van der Waals surface area (Å²) >= 11 is 9.43. The fraction of sp³-hybridized carbons (Fsp3) is 0.571. The van der Waals surface area contributed by atoms with Crippen molar-refractivity contribution in [3.63, 3.8) is 0 Å². The molecule has 5 heterocycles. The Bertz CT molecular complexity index is 1600. The highest BCUT2D eigenvalue weighted by molar-refractivity contribution is 8.44. The van der Waals surface area contributed by atoms with E-state index in [0.717, 1.165) is 0 Å². The minimum Gasteiger partial charge on any atom is -0.474 e. The molecule has 2 aliphatic heterocycles. The number of aromatic amines is 1. The molecule has 21 heteroatoms. The van der Waals surface area contributed by atoms with Gasteiger partial charge in [-0.2, -0.15) is 4.98 Å². The normalized spacial score (nSPS) is 37.4. The lowest BCUT2D eigenvalue weighted by Crippen LogP contribution is -2.35. The second-order valence-corrected chi connectivity index (χ2v) is 15.5. The van der Waals surface area contributed by atoms with E-state index in [2.05, 4.69) is 42.5 Å². The number of anilines is 1. The van der Waals surface area contributed by atoms with Crippen LogP contribution in [-0.4, -0.2) is 90.3 Å². The number of rotatable bonds is 4. The van der Waals surface area contributed by atoms with Gasteiger partial charge in [-0.1, -0.05) is 12.2 Å². The van der Waals surface area contributed by atoms with E-state index < -0.39 is 62.2 Å². The predicted octanol–water partition coefficient (Wildman–Crippen LogP) is 1.14. The SMILES string of the molecule is CNc1nc2c(ncn2[C@@H]2O[C@H]3COP(O)(=S)O[C@H]4C[C@H](Oc5ccncn5)C[C@@H]4COP(=O)(S)O[C@@H]2[C@@H]3O)c(=O)[nH]1. The van der Waals surface area contributed by atoms with Crippen LogP contribution in [0.1, 0.15) is 19.1 Å². The van der Waals surface area contributed by atoms with Gasteiger partial charge in [-0.3, -0.25) is 18.9 Å². The van der Waals surface area contributed by atoms with E-state index in [1.54, 1.807) is 19.3 Å². The number of H-pyrrole nitrogens is 1. The van der Waals surface area contributed by atoms with Gasteiger partial charge in [-0.05, 0) is 18.2 Å². The molecule has 0 amide bonds. The Labute approximate surface area is 248 Å². The number of aromatic nitrogens is 6. The molecule has 2 saturated heterocycles. The summed E-state index contributed by atoms with van der Waals surface area (Å²) < 4.78 is 49.6. The largest absolute Gasteiger partial charge is 0.474 e. The lowest BCUT2D eigenvalue weighted by molar-refractivity contribution is -0.0502. The second kappa shape index (κ2) is 11.8. The molecule has 17 nitrogen and oxygen atoms in total. The average molecular weight is 664 g/mol. The molecule has 1 saturated carbocycles. The van der Waals surface area contributed by atoms with E-state index in [4.69, 9.17) is 39.4 Å². The Morgan fingerprint density at radius 3 is 2.83 bits per heavy atom. The smallest absolute Gasteiger partial charge is 0.386 e. The first-order chi connectivity index (χ1) is 20.0. The molecule has 0 radical (unpaired) electrons. The molecular formula is C21H27N7O10P2S2. The van der Waals surface area contributed by atoms with Crippen LogP contribution in [0.2, 0.25) is 0 Å². The lowest BCUT2D eigenvalue weighted by Gasteiger charge is -2.27. The van der Waals surface area contributed by atoms with Gasteiger partial charge in [0.05, 0.1) is 25.6 Å². The van der Waals surface area contributed by atoms with E-state index in [1.165, 1.54) is 17.2 Å². The van der Waals surface area contributed by atoms with Crippen molar-refractivity contribution in [2.24, 2.45) is 5.92 Å². The van der Waals surface area contributed by atoms with Crippen molar-refractivity contribution in [2.45, 2.75) is 49.6 Å². The highest BCUT2D eigenvalue weighted by atomic mass is 32.7. The van der Waals surface area contributed by atoms with Gasteiger partial charge in [-0.15, -0.1) is 0 Å². The van der Waals surface area contributed by atoms with E-state index in [-0.39, 0.29) is 29.8 Å². The minimum absolute atomic E-state index is 0.00415. The van der Waals surface area contributed by atoms with Crippen molar-refractivity contribution in [2.75, 3.05) is 25.6 Å². The van der Waals surface area contributed by atoms with Crippen LogP contribution < -0.4 is 15.6 Å². The number of aliphatic hydroxyl groups is 1. The molecule has 3 aromatic heterocycles. The van der Waals surface area contributed by atoms with E-state index in [1.807, 2.05) is 0 Å². The van der Waals surface area contributed by atoms with Crippen molar-refractivity contribution in [3.05, 3.63) is 35.3 Å². The van der Waals surface area contributed by atoms with Gasteiger partial charge in [-0.25, -0.2) is 19.5 Å². The van der Waals surface area contributed by atoms with E-state index in [9.17, 15) is 19.4 Å². The maximum Gasteiger partial charge on any atom is 0.386 e. The Kier molecular flexibility index (Phi) is 8.45. The van der Waals surface area contributed by atoms with Crippen LogP contribution >= 0.6 is 25.8 Å². The zero-order valence-electron chi connectivity index (χ0n) is 21.8. The average Bonchev–Trinajstić information content (AvgIpc) is 3.62. The third kappa shape index (κ3) is 6.27. The molecule has 2 unspecified atom stereocenters. The Morgan fingerprint density at radius 1 is 1.24 bits per heavy atom. The Balaban J connectivity index is 1.28. The van der Waals surface area contributed by atoms with Crippen LogP contribution in [0.3, 0.4) is 0 Å². The summed E-state index contributed by atoms with van der Waals surface area (Å²) in [6.45, 7) is -8.58. The van der Waals surface area contributed by atoms with Gasteiger partial charge >= 0.3 is 13.5 Å². The summed E-state index contributed by atoms with van der Waals surface area (Å²) in [6.07, 6.45) is -1.35. The molecule has 3 aliphatic rings. The number of fused-ring (bicyclic) bond motifs is 4. The maximum absolute atomic E-state index is 13.5. The van der Waals surface area contributed by atoms with Gasteiger partial charge in [0.1, 0.15) is 30.7 Å². The van der Waals surface area contributed by atoms with Gasteiger partial charge < -0.3 is 38.4 Å². The zero-order valence-corrected chi connectivity index (χ0v) is 25.3. The highest BCUT2D eigenvalue weighted by Gasteiger charge is 2.51. The van der Waals surface area contributed by atoms with Crippen LogP contribution in [0.5, 0.6) is 5.88 Å². The Morgan fingerprint density at radius 2 is 2.07 bits per heavy atom. The predicted molar refractivity (Wildman–Crippen MR) is 152 cm³/mol. The van der Waals surface area contributed by atoms with Crippen molar-refractivity contribution >= 4 is 54.7 Å². The molecule has 3 aromatic rings. The summed E-state index contributed by atoms with van der Waals surface area (Å²) in [5, 5.41) is 13.9. The lowest BCUT2D eigenvalue weighted by atomic mass is 10.1. The monoisotopic (exact) mass is 663 g/mol. The molecule has 4 N–H and O–H groups in total. The van der Waals surface area contributed by atoms with Crippen molar-refractivity contribution in [1.82, 2.24) is 29.5 Å². The molecule has 1 aliphatic carbocycles. The minimum atomic E-state index is -4.15. The number of imidazole rings is 1. The third-order valence-electron chi connectivity index (χ3n) is 7.06. The van der Waals surface area contributed by atoms with E-state index in [0.29, 0.717) is 18.7 Å². The van der Waals surface area contributed by atoms with Crippen LogP contribution in [0.15, 0.2) is 29.7 Å². The Hall–Kier alpha value is -2.02. The summed E-state index contributed by atoms with van der Waals surface area (Å²) in [5.41, 5.74) is -0.420. The molecule has 42 heavy (non-hydrogen) atoms. The first kappa shape index (κ1) is 30.0. The van der Waals surface area contributed by atoms with Gasteiger partial charge in [0, 0.05) is 31.6 Å². The molecule has 228 valence electrons. The number of thiol groups is 1. The summed E-state index contributed by atoms with van der Waals surface area (Å²) in [4.78, 5) is 42.3.